The third-order valence-corrected chi connectivity index (χ3v) is 13.8. The summed E-state index contributed by atoms with van der Waals surface area (Å²) in [5.41, 5.74) is 18.9. The van der Waals surface area contributed by atoms with Gasteiger partial charge in [0.2, 0.25) is 0 Å². The number of hydrogen-bond donors (Lipinski definition) is 0. The van der Waals surface area contributed by atoms with E-state index in [1.54, 1.807) is 0 Å². The Balaban J connectivity index is 0.861. The van der Waals surface area contributed by atoms with Crippen LogP contribution in [0.2, 0.25) is 0 Å². The monoisotopic (exact) mass is 722 g/mol. The summed E-state index contributed by atoms with van der Waals surface area (Å²) in [6.07, 6.45) is 9.11. The van der Waals surface area contributed by atoms with Crippen LogP contribution in [0, 0.1) is 0 Å². The molecule has 10 aromatic rings. The summed E-state index contributed by atoms with van der Waals surface area (Å²) in [5.74, 6) is 0. The van der Waals surface area contributed by atoms with Gasteiger partial charge in [-0.05, 0) is 169 Å². The average molecular weight is 723 g/mol. The summed E-state index contributed by atoms with van der Waals surface area (Å²) in [6, 6.07) is 58.1. The van der Waals surface area contributed by atoms with Crippen LogP contribution in [-0.2, 0) is 11.8 Å². The first kappa shape index (κ1) is 31.4. The number of hydrogen-bond acceptors (Lipinski definition) is 0. The predicted molar refractivity (Wildman–Crippen MR) is 244 cm³/mol. The van der Waals surface area contributed by atoms with Gasteiger partial charge in [0.25, 0.3) is 0 Å². The zero-order valence-corrected chi connectivity index (χ0v) is 32.1. The zero-order valence-electron chi connectivity index (χ0n) is 32.1. The van der Waals surface area contributed by atoms with Gasteiger partial charge in [0.05, 0.1) is 0 Å². The van der Waals surface area contributed by atoms with Crippen LogP contribution in [0.4, 0.5) is 0 Å². The lowest BCUT2D eigenvalue weighted by molar-refractivity contribution is 0.661. The molecule has 0 radical (unpaired) electrons. The Labute approximate surface area is 332 Å². The summed E-state index contributed by atoms with van der Waals surface area (Å²) < 4.78 is 0. The molecule has 0 fully saturated rings. The van der Waals surface area contributed by atoms with Gasteiger partial charge in [0.15, 0.2) is 0 Å². The van der Waals surface area contributed by atoms with Crippen LogP contribution in [0.25, 0.3) is 110 Å². The van der Waals surface area contributed by atoms with E-state index >= 15 is 0 Å². The van der Waals surface area contributed by atoms with Crippen LogP contribution < -0.4 is 0 Å². The summed E-state index contributed by atoms with van der Waals surface area (Å²) in [4.78, 5) is 0. The molecule has 0 aliphatic heterocycles. The first-order valence-electron chi connectivity index (χ1n) is 20.4. The van der Waals surface area contributed by atoms with Crippen molar-refractivity contribution in [1.29, 1.82) is 0 Å². The Morgan fingerprint density at radius 1 is 0.421 bits per heavy atom. The molecule has 3 aliphatic rings. The minimum Gasteiger partial charge on any atom is -0.0795 e. The van der Waals surface area contributed by atoms with E-state index in [4.69, 9.17) is 0 Å². The van der Waals surface area contributed by atoms with Crippen molar-refractivity contribution in [2.45, 2.75) is 32.1 Å². The van der Waals surface area contributed by atoms with E-state index in [0.717, 1.165) is 12.8 Å². The molecule has 0 nitrogen and oxygen atoms in total. The average Bonchev–Trinajstić information content (AvgIpc) is 3.48. The van der Waals surface area contributed by atoms with Crippen LogP contribution in [0.15, 0.2) is 164 Å². The maximum atomic E-state index is 2.49. The Morgan fingerprint density at radius 2 is 0.965 bits per heavy atom. The molecule has 0 N–H and O–H groups in total. The van der Waals surface area contributed by atoms with Crippen LogP contribution in [0.3, 0.4) is 0 Å². The third-order valence-electron chi connectivity index (χ3n) is 13.8. The lowest BCUT2D eigenvalue weighted by atomic mass is 9.78. The highest BCUT2D eigenvalue weighted by Crippen LogP contribution is 2.52. The summed E-state index contributed by atoms with van der Waals surface area (Å²) in [6.45, 7) is 4.82. The quantitative estimate of drug-likeness (QED) is 0.159. The molecule has 0 aromatic heterocycles. The fourth-order valence-electron chi connectivity index (χ4n) is 10.9. The molecule has 0 heteroatoms. The maximum absolute atomic E-state index is 2.49. The second kappa shape index (κ2) is 11.2. The number of benzene rings is 10. The normalized spacial score (nSPS) is 14.9. The highest BCUT2D eigenvalue weighted by Gasteiger charge is 2.36. The number of allylic oxidation sites excluding steroid dienone is 3. The van der Waals surface area contributed by atoms with Crippen LogP contribution in [0.5, 0.6) is 0 Å². The maximum Gasteiger partial charge on any atom is 0.0159 e. The second-order valence-electron chi connectivity index (χ2n) is 17.2. The molecule has 3 aliphatic carbocycles. The topological polar surface area (TPSA) is 0 Å². The molecule has 0 atom stereocenters. The van der Waals surface area contributed by atoms with Crippen molar-refractivity contribution < 1.29 is 0 Å². The van der Waals surface area contributed by atoms with Gasteiger partial charge in [-0.1, -0.05) is 159 Å². The smallest absolute Gasteiger partial charge is 0.0159 e. The molecular formula is C57H38. The largest absolute Gasteiger partial charge is 0.0795 e. The van der Waals surface area contributed by atoms with E-state index in [0.29, 0.717) is 0 Å². The molecule has 13 rings (SSSR count). The van der Waals surface area contributed by atoms with Crippen LogP contribution >= 0.6 is 0 Å². The van der Waals surface area contributed by atoms with Crippen LogP contribution in [0.1, 0.15) is 48.1 Å². The first-order chi connectivity index (χ1) is 28.0. The number of fused-ring (bicyclic) bond motifs is 4. The molecule has 0 saturated heterocycles. The molecule has 10 aromatic carbocycles. The van der Waals surface area contributed by atoms with Crippen molar-refractivity contribution in [3.63, 3.8) is 0 Å². The van der Waals surface area contributed by atoms with Gasteiger partial charge in [0.1, 0.15) is 0 Å². The fourth-order valence-corrected chi connectivity index (χ4v) is 10.9. The molecule has 57 heavy (non-hydrogen) atoms. The van der Waals surface area contributed by atoms with E-state index in [-0.39, 0.29) is 5.41 Å². The van der Waals surface area contributed by atoms with Gasteiger partial charge in [-0.25, -0.2) is 0 Å². The van der Waals surface area contributed by atoms with E-state index in [2.05, 4.69) is 184 Å². The van der Waals surface area contributed by atoms with Crippen LogP contribution in [-0.4, -0.2) is 0 Å². The van der Waals surface area contributed by atoms with Crippen molar-refractivity contribution in [1.82, 2.24) is 0 Å². The molecule has 0 spiro atoms. The molecule has 0 heterocycles. The Bertz CT molecular complexity index is 3460. The third kappa shape index (κ3) is 4.33. The zero-order chi connectivity index (χ0) is 37.6. The minimum atomic E-state index is -0.121. The summed E-state index contributed by atoms with van der Waals surface area (Å²) in [5, 5.41) is 13.3. The SMILES string of the molecule is CC1(C)c2cc(-c3ccc4cc(-c5ccc6ccc7cccc8ccc5c6c78)ccc4c3)ccc2-c2ccc(-c3ccc4c5c6c(ccc35)C=CCC6=CC4)cc21. The van der Waals surface area contributed by atoms with Gasteiger partial charge >= 0.3 is 0 Å². The Morgan fingerprint density at radius 3 is 1.77 bits per heavy atom. The molecular weight excluding hydrogens is 685 g/mol. The summed E-state index contributed by atoms with van der Waals surface area (Å²) >= 11 is 0. The lowest BCUT2D eigenvalue weighted by Gasteiger charge is -2.25. The number of rotatable bonds is 3. The Kier molecular flexibility index (Phi) is 6.17. The molecule has 0 bridgehead atoms. The van der Waals surface area contributed by atoms with E-state index in [9.17, 15) is 0 Å². The first-order valence-corrected chi connectivity index (χ1v) is 20.4. The van der Waals surface area contributed by atoms with Gasteiger partial charge in [-0.15, -0.1) is 0 Å². The van der Waals surface area contributed by atoms with Gasteiger partial charge in [0, 0.05) is 5.41 Å². The molecule has 266 valence electrons. The van der Waals surface area contributed by atoms with Crippen molar-refractivity contribution in [3.8, 4) is 44.5 Å². The van der Waals surface area contributed by atoms with Gasteiger partial charge in [-0.3, -0.25) is 0 Å². The molecule has 0 saturated carbocycles. The Hall–Kier alpha value is -6.76. The van der Waals surface area contributed by atoms with Gasteiger partial charge < -0.3 is 0 Å². The molecule has 0 amide bonds. The standard InChI is InChI=1S/C57H38/c1-57(2)51-31-42(21-25-47(51)48-26-22-44(32-52(48)57)46-24-18-38-12-10-34-6-4-8-36-20-28-50(46)56(38)54(34)36)40-13-14-41-30-43(16-15-39(41)29-40)45-23-17-37-11-9-33-5-3-7-35-19-27-49(45)55(37)53(33)35/h3-5,7-11,13-32H,6,12H2,1-2H3. The van der Waals surface area contributed by atoms with Crippen molar-refractivity contribution in [3.05, 3.63) is 192 Å². The second-order valence-corrected chi connectivity index (χ2v) is 17.2. The predicted octanol–water partition coefficient (Wildman–Crippen LogP) is 15.6. The fraction of sp³-hybridized carbons (Fsp3) is 0.0877. The minimum absolute atomic E-state index is 0.121. The van der Waals surface area contributed by atoms with Gasteiger partial charge in [-0.2, -0.15) is 0 Å². The lowest BCUT2D eigenvalue weighted by Crippen LogP contribution is -2.15. The highest BCUT2D eigenvalue weighted by atomic mass is 14.4. The van der Waals surface area contributed by atoms with Crippen molar-refractivity contribution in [2.75, 3.05) is 0 Å². The van der Waals surface area contributed by atoms with E-state index in [1.165, 1.54) is 132 Å². The van der Waals surface area contributed by atoms with E-state index < -0.39 is 0 Å². The highest BCUT2D eigenvalue weighted by molar-refractivity contribution is 6.25. The summed E-state index contributed by atoms with van der Waals surface area (Å²) in [7, 11) is 0. The molecule has 0 unspecified atom stereocenters. The van der Waals surface area contributed by atoms with Crippen molar-refractivity contribution >= 4 is 65.5 Å². The van der Waals surface area contributed by atoms with Crippen molar-refractivity contribution in [2.24, 2.45) is 0 Å². The van der Waals surface area contributed by atoms with E-state index in [1.807, 2.05) is 0 Å².